The van der Waals surface area contributed by atoms with Gasteiger partial charge in [-0.15, -0.1) is 0 Å². The number of hydrogen-bond donors (Lipinski definition) is 1. The molecule has 0 fully saturated rings. The van der Waals surface area contributed by atoms with Crippen molar-refractivity contribution in [3.05, 3.63) is 18.5 Å². The molecule has 0 radical (unpaired) electrons. The molecule has 2 N–H and O–H groups in total. The molecule has 2 aromatic rings. The van der Waals surface area contributed by atoms with Gasteiger partial charge in [-0.05, 0) is 12.1 Å². The van der Waals surface area contributed by atoms with Crippen LogP contribution in [0.5, 0.6) is 5.75 Å². The van der Waals surface area contributed by atoms with Gasteiger partial charge in [0.25, 0.3) is 0 Å². The van der Waals surface area contributed by atoms with Crippen LogP contribution in [-0.4, -0.2) is 22.8 Å². The van der Waals surface area contributed by atoms with E-state index >= 15 is 0 Å². The number of benzene rings is 1. The van der Waals surface area contributed by atoms with Crippen LogP contribution in [0.4, 0.5) is 11.5 Å². The average molecular weight is 200 g/mol. The van der Waals surface area contributed by atoms with Gasteiger partial charge in [-0.1, -0.05) is 0 Å². The molecule has 1 aromatic carbocycles. The Bertz CT molecular complexity index is 565. The lowest BCUT2D eigenvalue weighted by Gasteiger charge is -2.14. The Kier molecular flexibility index (Phi) is 1.58. The van der Waals surface area contributed by atoms with E-state index in [2.05, 4.69) is 15.0 Å². The number of hydrogen-bond acceptors (Lipinski definition) is 5. The number of ether oxygens (including phenoxy) is 1. The Morgan fingerprint density at radius 2 is 2.20 bits per heavy atom. The molecule has 0 bridgehead atoms. The van der Waals surface area contributed by atoms with Crippen LogP contribution in [-0.2, 0) is 0 Å². The summed E-state index contributed by atoms with van der Waals surface area (Å²) in [4.78, 5) is 12.3. The molecule has 74 valence electrons. The second kappa shape index (κ2) is 2.91. The summed E-state index contributed by atoms with van der Waals surface area (Å²) in [5, 5.41) is 0.742. The minimum atomic E-state index is 0.425. The molecule has 0 spiro atoms. The third kappa shape index (κ3) is 1.13. The summed E-state index contributed by atoms with van der Waals surface area (Å²) in [7, 11) is 0. The Morgan fingerprint density at radius 1 is 1.27 bits per heavy atom. The average Bonchev–Trinajstić information content (AvgIpc) is 2.29. The summed E-state index contributed by atoms with van der Waals surface area (Å²) in [5.41, 5.74) is 7.35. The highest BCUT2D eigenvalue weighted by molar-refractivity contribution is 5.98. The van der Waals surface area contributed by atoms with Crippen molar-refractivity contribution >= 4 is 28.6 Å². The fourth-order valence-electron chi connectivity index (χ4n) is 1.64. The Balaban J connectivity index is 2.45. The van der Waals surface area contributed by atoms with Crippen LogP contribution < -0.4 is 10.5 Å². The molecule has 1 aromatic heterocycles. The molecule has 0 saturated heterocycles. The van der Waals surface area contributed by atoms with Gasteiger partial charge >= 0.3 is 0 Å². The predicted octanol–water partition coefficient (Wildman–Crippen LogP) is 1.31. The van der Waals surface area contributed by atoms with Crippen LogP contribution in [0.2, 0.25) is 0 Å². The van der Waals surface area contributed by atoms with Gasteiger partial charge in [0.1, 0.15) is 24.4 Å². The van der Waals surface area contributed by atoms with E-state index in [1.807, 2.05) is 12.1 Å². The standard InChI is InChI=1S/C10H8N4O/c11-10-8-6(13-5-14-10)1-2-7-9(8)15-4-3-12-7/h1-3,5H,4H2,(H2,11,13,14). The zero-order valence-corrected chi connectivity index (χ0v) is 7.84. The number of nitrogens with two attached hydrogens (primary N) is 1. The topological polar surface area (TPSA) is 73.4 Å². The Morgan fingerprint density at radius 3 is 3.13 bits per heavy atom. The van der Waals surface area contributed by atoms with Gasteiger partial charge in [0, 0.05) is 6.21 Å². The number of aliphatic imine (C=N–C) groups is 1. The van der Waals surface area contributed by atoms with Crippen LogP contribution >= 0.6 is 0 Å². The quantitative estimate of drug-likeness (QED) is 0.695. The molecule has 0 saturated carbocycles. The second-order valence-corrected chi connectivity index (χ2v) is 3.19. The van der Waals surface area contributed by atoms with E-state index in [1.165, 1.54) is 6.33 Å². The maximum atomic E-state index is 5.80. The van der Waals surface area contributed by atoms with E-state index in [1.54, 1.807) is 6.21 Å². The summed E-state index contributed by atoms with van der Waals surface area (Å²) in [6.45, 7) is 0.459. The third-order valence-corrected chi connectivity index (χ3v) is 2.30. The van der Waals surface area contributed by atoms with Crippen LogP contribution in [0.25, 0.3) is 10.9 Å². The van der Waals surface area contributed by atoms with E-state index < -0.39 is 0 Å². The Labute approximate surface area is 85.6 Å². The van der Waals surface area contributed by atoms with Crippen molar-refractivity contribution < 1.29 is 4.74 Å². The van der Waals surface area contributed by atoms with Gasteiger partial charge in [-0.2, -0.15) is 0 Å². The number of nitrogen functional groups attached to an aromatic ring is 1. The van der Waals surface area contributed by atoms with Gasteiger partial charge in [0.2, 0.25) is 0 Å². The highest BCUT2D eigenvalue weighted by Gasteiger charge is 2.14. The van der Waals surface area contributed by atoms with Crippen LogP contribution in [0, 0.1) is 0 Å². The van der Waals surface area contributed by atoms with Crippen molar-refractivity contribution in [3.8, 4) is 5.75 Å². The van der Waals surface area contributed by atoms with Gasteiger partial charge in [-0.25, -0.2) is 9.97 Å². The summed E-state index contributed by atoms with van der Waals surface area (Å²) in [5.74, 6) is 1.10. The number of nitrogens with zero attached hydrogens (tertiary/aromatic N) is 3. The molecule has 0 atom stereocenters. The molecule has 0 unspecified atom stereocenters. The van der Waals surface area contributed by atoms with Crippen LogP contribution in [0.3, 0.4) is 0 Å². The fraction of sp³-hybridized carbons (Fsp3) is 0.100. The lowest BCUT2D eigenvalue weighted by atomic mass is 10.2. The van der Waals surface area contributed by atoms with Crippen molar-refractivity contribution in [3.63, 3.8) is 0 Å². The Hall–Kier alpha value is -2.17. The minimum Gasteiger partial charge on any atom is -0.485 e. The molecular weight excluding hydrogens is 192 g/mol. The van der Waals surface area contributed by atoms with E-state index in [4.69, 9.17) is 10.5 Å². The molecule has 0 amide bonds. The van der Waals surface area contributed by atoms with Crippen molar-refractivity contribution in [2.45, 2.75) is 0 Å². The number of anilines is 1. The van der Waals surface area contributed by atoms with Gasteiger partial charge in [0.15, 0.2) is 5.75 Å². The summed E-state index contributed by atoms with van der Waals surface area (Å²) in [6, 6.07) is 3.72. The molecule has 2 heterocycles. The van der Waals surface area contributed by atoms with E-state index in [0.717, 1.165) is 16.6 Å². The number of fused-ring (bicyclic) bond motifs is 3. The summed E-state index contributed by atoms with van der Waals surface area (Å²) in [6.07, 6.45) is 3.16. The molecule has 5 nitrogen and oxygen atoms in total. The summed E-state index contributed by atoms with van der Waals surface area (Å²) < 4.78 is 5.51. The summed E-state index contributed by atoms with van der Waals surface area (Å²) >= 11 is 0. The van der Waals surface area contributed by atoms with Crippen LogP contribution in [0.15, 0.2) is 23.5 Å². The number of rotatable bonds is 0. The molecule has 0 aliphatic carbocycles. The van der Waals surface area contributed by atoms with Crippen molar-refractivity contribution in [1.82, 2.24) is 9.97 Å². The zero-order valence-electron chi connectivity index (χ0n) is 7.84. The molecule has 1 aliphatic heterocycles. The highest BCUT2D eigenvalue weighted by atomic mass is 16.5. The van der Waals surface area contributed by atoms with Gasteiger partial charge < -0.3 is 10.5 Å². The van der Waals surface area contributed by atoms with Crippen molar-refractivity contribution in [1.29, 1.82) is 0 Å². The molecule has 3 rings (SSSR count). The molecule has 1 aliphatic rings. The largest absolute Gasteiger partial charge is 0.485 e. The number of aromatic nitrogens is 2. The normalized spacial score (nSPS) is 13.6. The van der Waals surface area contributed by atoms with E-state index in [-0.39, 0.29) is 0 Å². The predicted molar refractivity (Wildman–Crippen MR) is 57.6 cm³/mol. The first kappa shape index (κ1) is 8.16. The third-order valence-electron chi connectivity index (χ3n) is 2.30. The lowest BCUT2D eigenvalue weighted by Crippen LogP contribution is -2.05. The maximum absolute atomic E-state index is 5.80. The van der Waals surface area contributed by atoms with Crippen LogP contribution in [0.1, 0.15) is 0 Å². The zero-order chi connectivity index (χ0) is 10.3. The monoisotopic (exact) mass is 200 g/mol. The molecule has 5 heteroatoms. The van der Waals surface area contributed by atoms with E-state index in [0.29, 0.717) is 18.2 Å². The van der Waals surface area contributed by atoms with Gasteiger partial charge in [0.05, 0.1) is 10.9 Å². The molecule has 15 heavy (non-hydrogen) atoms. The second-order valence-electron chi connectivity index (χ2n) is 3.19. The smallest absolute Gasteiger partial charge is 0.158 e. The maximum Gasteiger partial charge on any atom is 0.158 e. The first-order valence-corrected chi connectivity index (χ1v) is 4.55. The highest BCUT2D eigenvalue weighted by Crippen LogP contribution is 2.38. The minimum absolute atomic E-state index is 0.425. The van der Waals surface area contributed by atoms with Crippen molar-refractivity contribution in [2.24, 2.45) is 4.99 Å². The van der Waals surface area contributed by atoms with Gasteiger partial charge in [-0.3, -0.25) is 4.99 Å². The van der Waals surface area contributed by atoms with Crippen molar-refractivity contribution in [2.75, 3.05) is 12.3 Å². The molecular formula is C10H8N4O. The first-order chi connectivity index (χ1) is 7.36. The lowest BCUT2D eigenvalue weighted by molar-refractivity contribution is 0.381. The van der Waals surface area contributed by atoms with E-state index in [9.17, 15) is 0 Å². The first-order valence-electron chi connectivity index (χ1n) is 4.55. The SMILES string of the molecule is Nc1ncnc2ccc3c(c12)OCC=N3. The fourth-order valence-corrected chi connectivity index (χ4v) is 1.64.